The van der Waals surface area contributed by atoms with Gasteiger partial charge in [-0.2, -0.15) is 0 Å². The van der Waals surface area contributed by atoms with Crippen LogP contribution < -0.4 is 0 Å². The lowest BCUT2D eigenvalue weighted by Gasteiger charge is -2.18. The van der Waals surface area contributed by atoms with Gasteiger partial charge in [0.1, 0.15) is 0 Å². The molecular weight excluding hydrogens is 1230 g/mol. The van der Waals surface area contributed by atoms with E-state index < -0.39 is 0 Å². The second kappa shape index (κ2) is 25.5. The molecule has 0 heterocycles. The van der Waals surface area contributed by atoms with Gasteiger partial charge in [0.15, 0.2) is 0 Å². The van der Waals surface area contributed by atoms with Crippen LogP contribution in [0.3, 0.4) is 0 Å². The van der Waals surface area contributed by atoms with Crippen LogP contribution in [0.15, 0.2) is 400 Å². The molecule has 0 fully saturated rings. The molecule has 0 amide bonds. The molecule has 0 aromatic heterocycles. The molecule has 0 aliphatic carbocycles. The molecule has 0 saturated carbocycles. The van der Waals surface area contributed by atoms with Crippen LogP contribution in [0, 0.1) is 0 Å². The second-order valence-electron chi connectivity index (χ2n) is 26.9. The molecule has 0 N–H and O–H groups in total. The van der Waals surface area contributed by atoms with Gasteiger partial charge in [-0.25, -0.2) is 0 Å². The minimum atomic E-state index is 1.21. The van der Waals surface area contributed by atoms with E-state index in [1.165, 1.54) is 197 Å². The van der Waals surface area contributed by atoms with E-state index in [2.05, 4.69) is 400 Å². The highest BCUT2D eigenvalue weighted by molar-refractivity contribution is 6.24. The summed E-state index contributed by atoms with van der Waals surface area (Å²) in [6.07, 6.45) is 0. The van der Waals surface area contributed by atoms with Crippen LogP contribution in [0.25, 0.3) is 197 Å². The summed E-state index contributed by atoms with van der Waals surface area (Å²) in [5.41, 5.74) is 22.4. The first-order chi connectivity index (χ1) is 50.6. The third kappa shape index (κ3) is 10.7. The third-order valence-electron chi connectivity index (χ3n) is 21.1. The summed E-state index contributed by atoms with van der Waals surface area (Å²) in [5, 5.41) is 22.8. The maximum atomic E-state index is 2.39. The first-order valence-corrected chi connectivity index (χ1v) is 35.4. The molecule has 20 rings (SSSR count). The van der Waals surface area contributed by atoms with Gasteiger partial charge in [0.05, 0.1) is 0 Å². The van der Waals surface area contributed by atoms with Gasteiger partial charge in [-0.05, 0) is 227 Å². The van der Waals surface area contributed by atoms with Crippen molar-refractivity contribution in [2.45, 2.75) is 0 Å². The van der Waals surface area contributed by atoms with E-state index in [0.29, 0.717) is 0 Å². The van der Waals surface area contributed by atoms with E-state index in [9.17, 15) is 0 Å². The fourth-order valence-electron chi connectivity index (χ4n) is 16.2. The Labute approximate surface area is 593 Å². The second-order valence-corrected chi connectivity index (χ2v) is 26.9. The zero-order chi connectivity index (χ0) is 67.5. The molecule has 0 aliphatic rings. The summed E-state index contributed by atoms with van der Waals surface area (Å²) >= 11 is 0. The quantitative estimate of drug-likeness (QED) is 0.0998. The van der Waals surface area contributed by atoms with Crippen molar-refractivity contribution < 1.29 is 0 Å². The van der Waals surface area contributed by atoms with Crippen molar-refractivity contribution in [2.24, 2.45) is 0 Å². The number of fused-ring (bicyclic) bond motifs is 10. The van der Waals surface area contributed by atoms with E-state index in [1.54, 1.807) is 0 Å². The zero-order valence-corrected chi connectivity index (χ0v) is 56.1. The normalized spacial score (nSPS) is 11.5. The standard InChI is InChI=1S/C56H36.C46H30/c1-2-12-37(13-3-1)38-24-30-42(31-25-38)55-50-18-8-10-20-52(50)56(53-21-11-9-19-51(53)55)45-33-27-40-26-32-43(34-46(40)35-45)39-22-28-41(29-23-39)54-36-44-14-4-5-15-47(44)48-16-6-7-17-49(48)54;1-2-11-31(12-3-1)36-27-21-32-22-28-37(30-38(32)29-36)46-43-18-8-6-16-41(43)45(42-17-7-9-19-44(42)46)35-25-23-34(24-26-35)40-20-10-14-33-13-4-5-15-39(33)40/h1-36H;1-30H. The van der Waals surface area contributed by atoms with Crippen LogP contribution in [-0.4, -0.2) is 0 Å². The van der Waals surface area contributed by atoms with Crippen molar-refractivity contribution in [1.82, 2.24) is 0 Å². The fourth-order valence-corrected chi connectivity index (χ4v) is 16.2. The Morgan fingerprint density at radius 3 is 0.824 bits per heavy atom. The van der Waals surface area contributed by atoms with E-state index in [4.69, 9.17) is 0 Å². The number of hydrogen-bond donors (Lipinski definition) is 0. The van der Waals surface area contributed by atoms with Crippen molar-refractivity contribution in [2.75, 3.05) is 0 Å². The van der Waals surface area contributed by atoms with Crippen LogP contribution in [0.4, 0.5) is 0 Å². The number of rotatable bonds is 9. The van der Waals surface area contributed by atoms with E-state index in [0.717, 1.165) is 0 Å². The molecule has 0 nitrogen and oxygen atoms in total. The molecule has 0 unspecified atom stereocenters. The highest BCUT2D eigenvalue weighted by atomic mass is 14.2. The molecule has 474 valence electrons. The fraction of sp³-hybridized carbons (Fsp3) is 0. The largest absolute Gasteiger partial charge is 0.0622 e. The predicted octanol–water partition coefficient (Wildman–Crippen LogP) is 28.8. The maximum absolute atomic E-state index is 2.39. The van der Waals surface area contributed by atoms with Gasteiger partial charge in [-0.15, -0.1) is 0 Å². The van der Waals surface area contributed by atoms with Crippen LogP contribution in [0.5, 0.6) is 0 Å². The van der Waals surface area contributed by atoms with Gasteiger partial charge in [-0.1, -0.05) is 370 Å². The highest BCUT2D eigenvalue weighted by Crippen LogP contribution is 2.48. The van der Waals surface area contributed by atoms with Gasteiger partial charge < -0.3 is 0 Å². The summed E-state index contributed by atoms with van der Waals surface area (Å²) in [6, 6.07) is 147. The zero-order valence-electron chi connectivity index (χ0n) is 56.1. The van der Waals surface area contributed by atoms with Gasteiger partial charge >= 0.3 is 0 Å². The summed E-state index contributed by atoms with van der Waals surface area (Å²) in [4.78, 5) is 0. The van der Waals surface area contributed by atoms with Gasteiger partial charge in [0.25, 0.3) is 0 Å². The molecule has 20 aromatic rings. The molecule has 20 aromatic carbocycles. The third-order valence-corrected chi connectivity index (χ3v) is 21.1. The van der Waals surface area contributed by atoms with Crippen molar-refractivity contribution in [1.29, 1.82) is 0 Å². The summed E-state index contributed by atoms with van der Waals surface area (Å²) < 4.78 is 0. The Morgan fingerprint density at radius 2 is 0.373 bits per heavy atom. The highest BCUT2D eigenvalue weighted by Gasteiger charge is 2.20. The summed E-state index contributed by atoms with van der Waals surface area (Å²) in [7, 11) is 0. The Bertz CT molecular complexity index is 6500. The lowest BCUT2D eigenvalue weighted by Crippen LogP contribution is -1.91. The monoisotopic (exact) mass is 1290 g/mol. The van der Waals surface area contributed by atoms with Gasteiger partial charge in [0.2, 0.25) is 0 Å². The van der Waals surface area contributed by atoms with Crippen molar-refractivity contribution >= 4 is 97.0 Å². The van der Waals surface area contributed by atoms with Crippen molar-refractivity contribution in [3.8, 4) is 100 Å². The van der Waals surface area contributed by atoms with Gasteiger partial charge in [-0.3, -0.25) is 0 Å². The average molecular weight is 1290 g/mol. The van der Waals surface area contributed by atoms with Crippen LogP contribution in [-0.2, 0) is 0 Å². The SMILES string of the molecule is c1ccc(-c2ccc(-c3c4ccccc4c(-c4ccc5ccc(-c6ccc(-c7cc8ccccc8c8ccccc78)cc6)cc5c4)c4ccccc34)cc2)cc1.c1ccc(-c2ccc3ccc(-c4c5ccccc5c(-c5ccc(-c6cccc7ccccc67)cc5)c5ccccc45)cc3c2)cc1. The lowest BCUT2D eigenvalue weighted by atomic mass is 9.85. The first-order valence-electron chi connectivity index (χ1n) is 35.4. The molecular formula is C102H66. The Balaban J connectivity index is 0.000000144. The Morgan fingerprint density at radius 1 is 0.0980 bits per heavy atom. The lowest BCUT2D eigenvalue weighted by molar-refractivity contribution is 1.61. The van der Waals surface area contributed by atoms with Crippen LogP contribution in [0.1, 0.15) is 0 Å². The van der Waals surface area contributed by atoms with E-state index in [1.807, 2.05) is 0 Å². The van der Waals surface area contributed by atoms with Gasteiger partial charge in [0, 0.05) is 0 Å². The molecule has 0 bridgehead atoms. The van der Waals surface area contributed by atoms with Crippen molar-refractivity contribution in [3.05, 3.63) is 400 Å². The first kappa shape index (κ1) is 60.0. The predicted molar refractivity (Wildman–Crippen MR) is 439 cm³/mol. The molecule has 0 spiro atoms. The topological polar surface area (TPSA) is 0 Å². The Hall–Kier alpha value is -13.3. The summed E-state index contributed by atoms with van der Waals surface area (Å²) in [5.74, 6) is 0. The van der Waals surface area contributed by atoms with E-state index >= 15 is 0 Å². The smallest absolute Gasteiger partial charge is 0.00262 e. The number of benzene rings is 20. The maximum Gasteiger partial charge on any atom is -0.00262 e. The molecule has 0 radical (unpaired) electrons. The van der Waals surface area contributed by atoms with Crippen LogP contribution >= 0.6 is 0 Å². The molecule has 0 saturated heterocycles. The molecule has 0 heteroatoms. The molecule has 0 atom stereocenters. The molecule has 102 heavy (non-hydrogen) atoms. The van der Waals surface area contributed by atoms with Crippen LogP contribution in [0.2, 0.25) is 0 Å². The average Bonchev–Trinajstić information content (AvgIpc) is 0.739. The number of hydrogen-bond acceptors (Lipinski definition) is 0. The minimum absolute atomic E-state index is 1.21. The Kier molecular flexibility index (Phi) is 15.0. The molecule has 0 aliphatic heterocycles. The summed E-state index contributed by atoms with van der Waals surface area (Å²) in [6.45, 7) is 0. The van der Waals surface area contributed by atoms with Crippen molar-refractivity contribution in [3.63, 3.8) is 0 Å². The van der Waals surface area contributed by atoms with E-state index in [-0.39, 0.29) is 0 Å². The minimum Gasteiger partial charge on any atom is -0.0622 e.